The fourth-order valence-corrected chi connectivity index (χ4v) is 1.72. The molecule has 0 saturated heterocycles. The van der Waals surface area contributed by atoms with Crippen LogP contribution >= 0.6 is 0 Å². The smallest absolute Gasteiger partial charge is 0.321 e. The lowest BCUT2D eigenvalue weighted by Gasteiger charge is -2.27. The molecular formula is C10H15NO3. The first-order valence-electron chi connectivity index (χ1n) is 5.08. The Morgan fingerprint density at radius 3 is 2.36 bits per heavy atom. The van der Waals surface area contributed by atoms with Crippen LogP contribution in [0.25, 0.3) is 0 Å². The van der Waals surface area contributed by atoms with Gasteiger partial charge in [0, 0.05) is 6.04 Å². The number of carbonyl (C=O) groups is 2. The molecule has 0 spiro atoms. The van der Waals surface area contributed by atoms with Crippen molar-refractivity contribution in [2.24, 2.45) is 5.41 Å². The van der Waals surface area contributed by atoms with E-state index >= 15 is 0 Å². The second-order valence-electron chi connectivity index (χ2n) is 4.17. The van der Waals surface area contributed by atoms with Crippen molar-refractivity contribution in [3.63, 3.8) is 0 Å². The number of amides is 1. The number of nitrogens with one attached hydrogen (secondary N) is 1. The van der Waals surface area contributed by atoms with Crippen LogP contribution in [0.5, 0.6) is 0 Å². The maximum atomic E-state index is 11.7. The SMILES string of the molecule is COC(=O)C1(C(=O)NC2CCC2)CC1. The molecule has 0 aliphatic heterocycles. The van der Waals surface area contributed by atoms with Gasteiger partial charge in [0.15, 0.2) is 0 Å². The molecular weight excluding hydrogens is 182 g/mol. The Labute approximate surface area is 83.0 Å². The van der Waals surface area contributed by atoms with Gasteiger partial charge in [0.2, 0.25) is 5.91 Å². The maximum Gasteiger partial charge on any atom is 0.321 e. The van der Waals surface area contributed by atoms with Crippen molar-refractivity contribution in [1.82, 2.24) is 5.32 Å². The standard InChI is InChI=1S/C10H15NO3/c1-14-9(13)10(5-6-10)8(12)11-7-3-2-4-7/h7H,2-6H2,1H3,(H,11,12). The van der Waals surface area contributed by atoms with E-state index in [2.05, 4.69) is 10.1 Å². The summed E-state index contributed by atoms with van der Waals surface area (Å²) < 4.78 is 4.63. The number of hydrogen-bond donors (Lipinski definition) is 1. The lowest BCUT2D eigenvalue weighted by atomic mass is 9.92. The third-order valence-corrected chi connectivity index (χ3v) is 3.20. The van der Waals surface area contributed by atoms with Gasteiger partial charge in [-0.1, -0.05) is 0 Å². The zero-order valence-corrected chi connectivity index (χ0v) is 8.34. The molecule has 0 heterocycles. The monoisotopic (exact) mass is 197 g/mol. The van der Waals surface area contributed by atoms with Gasteiger partial charge in [-0.2, -0.15) is 0 Å². The van der Waals surface area contributed by atoms with Crippen LogP contribution in [0.3, 0.4) is 0 Å². The first kappa shape index (κ1) is 9.49. The van der Waals surface area contributed by atoms with Crippen molar-refractivity contribution in [2.75, 3.05) is 7.11 Å². The van der Waals surface area contributed by atoms with Crippen LogP contribution in [0.1, 0.15) is 32.1 Å². The van der Waals surface area contributed by atoms with E-state index in [-0.39, 0.29) is 11.9 Å². The van der Waals surface area contributed by atoms with Gasteiger partial charge >= 0.3 is 5.97 Å². The van der Waals surface area contributed by atoms with Crippen molar-refractivity contribution < 1.29 is 14.3 Å². The van der Waals surface area contributed by atoms with Gasteiger partial charge in [0.05, 0.1) is 7.11 Å². The summed E-state index contributed by atoms with van der Waals surface area (Å²) in [6, 6.07) is 0.296. The molecule has 2 aliphatic rings. The quantitative estimate of drug-likeness (QED) is 0.532. The molecule has 2 fully saturated rings. The Kier molecular flexibility index (Phi) is 2.21. The highest BCUT2D eigenvalue weighted by atomic mass is 16.5. The Hall–Kier alpha value is -1.06. The summed E-state index contributed by atoms with van der Waals surface area (Å²) in [5.41, 5.74) is -0.829. The van der Waals surface area contributed by atoms with Crippen LogP contribution < -0.4 is 5.32 Å². The molecule has 14 heavy (non-hydrogen) atoms. The van der Waals surface area contributed by atoms with E-state index in [1.807, 2.05) is 0 Å². The van der Waals surface area contributed by atoms with Crippen LogP contribution in [0, 0.1) is 5.41 Å². The van der Waals surface area contributed by atoms with Crippen molar-refractivity contribution in [3.05, 3.63) is 0 Å². The number of rotatable bonds is 3. The predicted octanol–water partition coefficient (Wildman–Crippen LogP) is 0.608. The first-order valence-corrected chi connectivity index (χ1v) is 5.08. The summed E-state index contributed by atoms with van der Waals surface area (Å²) in [4.78, 5) is 23.1. The molecule has 4 nitrogen and oxygen atoms in total. The summed E-state index contributed by atoms with van der Waals surface area (Å²) in [6.07, 6.45) is 4.54. The van der Waals surface area contributed by atoms with Crippen LogP contribution in [-0.2, 0) is 14.3 Å². The third-order valence-electron chi connectivity index (χ3n) is 3.20. The number of methoxy groups -OCH3 is 1. The van der Waals surface area contributed by atoms with Gasteiger partial charge in [-0.3, -0.25) is 9.59 Å². The van der Waals surface area contributed by atoms with Gasteiger partial charge in [-0.15, -0.1) is 0 Å². The lowest BCUT2D eigenvalue weighted by molar-refractivity contribution is -0.152. The number of esters is 1. The zero-order valence-electron chi connectivity index (χ0n) is 8.34. The Balaban J connectivity index is 1.92. The van der Waals surface area contributed by atoms with Crippen LogP contribution in [0.4, 0.5) is 0 Å². The number of hydrogen-bond acceptors (Lipinski definition) is 3. The minimum atomic E-state index is -0.829. The molecule has 0 atom stereocenters. The topological polar surface area (TPSA) is 55.4 Å². The maximum absolute atomic E-state index is 11.7. The third kappa shape index (κ3) is 1.38. The molecule has 1 amide bonds. The van der Waals surface area contributed by atoms with Crippen molar-refractivity contribution >= 4 is 11.9 Å². The predicted molar refractivity (Wildman–Crippen MR) is 49.5 cm³/mol. The van der Waals surface area contributed by atoms with Crippen LogP contribution in [0.2, 0.25) is 0 Å². The van der Waals surface area contributed by atoms with E-state index in [0.29, 0.717) is 18.9 Å². The van der Waals surface area contributed by atoms with E-state index in [1.54, 1.807) is 0 Å². The van der Waals surface area contributed by atoms with Crippen molar-refractivity contribution in [3.8, 4) is 0 Å². The molecule has 0 unspecified atom stereocenters. The molecule has 0 aromatic rings. The van der Waals surface area contributed by atoms with Gasteiger partial charge < -0.3 is 10.1 Å². The van der Waals surface area contributed by atoms with Crippen molar-refractivity contribution in [2.45, 2.75) is 38.1 Å². The molecule has 2 aliphatic carbocycles. The largest absolute Gasteiger partial charge is 0.468 e. The summed E-state index contributed by atoms with van der Waals surface area (Å²) in [5, 5.41) is 2.89. The molecule has 2 saturated carbocycles. The van der Waals surface area contributed by atoms with Crippen LogP contribution in [-0.4, -0.2) is 25.0 Å². The van der Waals surface area contributed by atoms with Gasteiger partial charge in [0.25, 0.3) is 0 Å². The van der Waals surface area contributed by atoms with E-state index in [1.165, 1.54) is 13.5 Å². The highest BCUT2D eigenvalue weighted by Crippen LogP contribution is 2.47. The normalized spacial score (nSPS) is 23.5. The van der Waals surface area contributed by atoms with E-state index in [0.717, 1.165) is 12.8 Å². The highest BCUT2D eigenvalue weighted by Gasteiger charge is 2.58. The van der Waals surface area contributed by atoms with E-state index in [9.17, 15) is 9.59 Å². The average molecular weight is 197 g/mol. The molecule has 2 rings (SSSR count). The minimum Gasteiger partial charge on any atom is -0.468 e. The second kappa shape index (κ2) is 3.26. The Bertz CT molecular complexity index is 267. The minimum absolute atomic E-state index is 0.131. The first-order chi connectivity index (χ1) is 6.69. The second-order valence-corrected chi connectivity index (χ2v) is 4.17. The fourth-order valence-electron chi connectivity index (χ4n) is 1.72. The molecule has 4 heteroatoms. The molecule has 0 bridgehead atoms. The molecule has 0 aromatic carbocycles. The number of ether oxygens (including phenoxy) is 1. The number of carbonyl (C=O) groups excluding carboxylic acids is 2. The molecule has 0 radical (unpaired) electrons. The average Bonchev–Trinajstić information content (AvgIpc) is 2.90. The molecule has 78 valence electrons. The lowest BCUT2D eigenvalue weighted by Crippen LogP contribution is -2.45. The summed E-state index contributed by atoms with van der Waals surface area (Å²) >= 11 is 0. The van der Waals surface area contributed by atoms with E-state index < -0.39 is 5.41 Å². The molecule has 1 N–H and O–H groups in total. The van der Waals surface area contributed by atoms with Crippen LogP contribution in [0.15, 0.2) is 0 Å². The van der Waals surface area contributed by atoms with Gasteiger partial charge in [-0.05, 0) is 32.1 Å². The fraction of sp³-hybridized carbons (Fsp3) is 0.800. The van der Waals surface area contributed by atoms with Crippen molar-refractivity contribution in [1.29, 1.82) is 0 Å². The molecule has 0 aromatic heterocycles. The summed E-state index contributed by atoms with van der Waals surface area (Å²) in [5.74, 6) is -0.511. The Morgan fingerprint density at radius 2 is 2.00 bits per heavy atom. The van der Waals surface area contributed by atoms with Gasteiger partial charge in [-0.25, -0.2) is 0 Å². The van der Waals surface area contributed by atoms with E-state index in [4.69, 9.17) is 0 Å². The Morgan fingerprint density at radius 1 is 1.36 bits per heavy atom. The highest BCUT2D eigenvalue weighted by molar-refractivity contribution is 6.05. The summed E-state index contributed by atoms with van der Waals surface area (Å²) in [7, 11) is 1.33. The zero-order chi connectivity index (χ0) is 10.2. The van der Waals surface area contributed by atoms with Gasteiger partial charge in [0.1, 0.15) is 5.41 Å². The summed E-state index contributed by atoms with van der Waals surface area (Å²) in [6.45, 7) is 0.